The lowest BCUT2D eigenvalue weighted by atomic mass is 10.1. The van der Waals surface area contributed by atoms with Gasteiger partial charge in [0.15, 0.2) is 0 Å². The largest absolute Gasteiger partial charge is 0.493 e. The van der Waals surface area contributed by atoms with Gasteiger partial charge < -0.3 is 9.15 Å². The number of halogens is 1. The minimum absolute atomic E-state index is 0.550. The molecule has 4 nitrogen and oxygen atoms in total. The second-order valence-corrected chi connectivity index (χ2v) is 7.29. The minimum atomic E-state index is 0.550. The maximum absolute atomic E-state index is 5.71. The molecule has 0 aliphatic rings. The maximum atomic E-state index is 5.71. The summed E-state index contributed by atoms with van der Waals surface area (Å²) in [4.78, 5) is 0. The van der Waals surface area contributed by atoms with Gasteiger partial charge in [0.25, 0.3) is 5.22 Å². The number of hydrogen-bond acceptors (Lipinski definition) is 5. The van der Waals surface area contributed by atoms with Crippen LogP contribution in [0.5, 0.6) is 5.75 Å². The quantitative estimate of drug-likeness (QED) is 0.412. The van der Waals surface area contributed by atoms with E-state index in [1.807, 2.05) is 30.3 Å². The summed E-state index contributed by atoms with van der Waals surface area (Å²) in [6.07, 6.45) is 0. The molecule has 6 heteroatoms. The van der Waals surface area contributed by atoms with E-state index in [2.05, 4.69) is 52.1 Å². The molecule has 0 fully saturated rings. The van der Waals surface area contributed by atoms with E-state index in [0.717, 1.165) is 21.5 Å². The Labute approximate surface area is 153 Å². The first-order valence-electron chi connectivity index (χ1n) is 7.54. The van der Waals surface area contributed by atoms with E-state index >= 15 is 0 Å². The lowest BCUT2D eigenvalue weighted by Gasteiger charge is -2.04. The summed E-state index contributed by atoms with van der Waals surface area (Å²) in [5.41, 5.74) is 3.41. The first kappa shape index (κ1) is 17.0. The van der Waals surface area contributed by atoms with Gasteiger partial charge >= 0.3 is 0 Å². The third kappa shape index (κ3) is 4.39. The van der Waals surface area contributed by atoms with Crippen LogP contribution < -0.4 is 4.74 Å². The normalized spacial score (nSPS) is 10.8. The van der Waals surface area contributed by atoms with Gasteiger partial charge in [0, 0.05) is 15.8 Å². The van der Waals surface area contributed by atoms with Crippen molar-refractivity contribution in [2.45, 2.75) is 19.1 Å². The summed E-state index contributed by atoms with van der Waals surface area (Å²) < 4.78 is 12.4. The van der Waals surface area contributed by atoms with Crippen LogP contribution >= 0.6 is 27.7 Å². The molecule has 24 heavy (non-hydrogen) atoms. The van der Waals surface area contributed by atoms with Crippen LogP contribution in [0.15, 0.2) is 56.6 Å². The SMILES string of the molecule is Cc1ccc(-c2nnc(SCCOc3cccc(Br)c3)o2)cc1C. The summed E-state index contributed by atoms with van der Waals surface area (Å²) in [7, 11) is 0. The molecule has 0 aliphatic carbocycles. The number of aromatic nitrogens is 2. The number of hydrogen-bond donors (Lipinski definition) is 0. The third-order valence-electron chi connectivity index (χ3n) is 3.53. The molecular formula is C18H17BrN2O2S. The van der Waals surface area contributed by atoms with Crippen molar-refractivity contribution in [3.05, 3.63) is 58.1 Å². The van der Waals surface area contributed by atoms with Gasteiger partial charge in [0.1, 0.15) is 5.75 Å². The lowest BCUT2D eigenvalue weighted by molar-refractivity contribution is 0.343. The smallest absolute Gasteiger partial charge is 0.276 e. The van der Waals surface area contributed by atoms with Gasteiger partial charge in [-0.2, -0.15) is 0 Å². The molecule has 0 unspecified atom stereocenters. The third-order valence-corrected chi connectivity index (χ3v) is 4.81. The molecular weight excluding hydrogens is 388 g/mol. The first-order chi connectivity index (χ1) is 11.6. The van der Waals surface area contributed by atoms with Gasteiger partial charge in [-0.25, -0.2) is 0 Å². The van der Waals surface area contributed by atoms with E-state index in [-0.39, 0.29) is 0 Å². The van der Waals surface area contributed by atoms with E-state index in [1.165, 1.54) is 22.9 Å². The standard InChI is InChI=1S/C18H17BrN2O2S/c1-12-6-7-14(10-13(12)2)17-20-21-18(23-17)24-9-8-22-16-5-3-4-15(19)11-16/h3-7,10-11H,8-9H2,1-2H3. The Morgan fingerprint density at radius 3 is 2.75 bits per heavy atom. The van der Waals surface area contributed by atoms with Gasteiger partial charge in [0.05, 0.1) is 6.61 Å². The van der Waals surface area contributed by atoms with E-state index in [9.17, 15) is 0 Å². The van der Waals surface area contributed by atoms with E-state index in [4.69, 9.17) is 9.15 Å². The molecule has 0 radical (unpaired) electrons. The van der Waals surface area contributed by atoms with Gasteiger partial charge in [-0.05, 0) is 55.3 Å². The minimum Gasteiger partial charge on any atom is -0.493 e. The molecule has 2 aromatic carbocycles. The summed E-state index contributed by atoms with van der Waals surface area (Å²) in [6, 6.07) is 13.9. The predicted molar refractivity (Wildman–Crippen MR) is 99.6 cm³/mol. The van der Waals surface area contributed by atoms with Crippen molar-refractivity contribution in [2.75, 3.05) is 12.4 Å². The number of aryl methyl sites for hydroxylation is 2. The topological polar surface area (TPSA) is 48.2 Å². The molecule has 0 spiro atoms. The first-order valence-corrected chi connectivity index (χ1v) is 9.32. The highest BCUT2D eigenvalue weighted by Crippen LogP contribution is 2.25. The Morgan fingerprint density at radius 1 is 1.08 bits per heavy atom. The molecule has 1 aromatic heterocycles. The number of nitrogens with zero attached hydrogens (tertiary/aromatic N) is 2. The zero-order valence-electron chi connectivity index (χ0n) is 13.5. The van der Waals surface area contributed by atoms with Crippen LogP contribution in [-0.4, -0.2) is 22.6 Å². The monoisotopic (exact) mass is 404 g/mol. The van der Waals surface area contributed by atoms with Crippen LogP contribution in [-0.2, 0) is 0 Å². The van der Waals surface area contributed by atoms with Crippen molar-refractivity contribution in [1.82, 2.24) is 10.2 Å². The number of ether oxygens (including phenoxy) is 1. The van der Waals surface area contributed by atoms with Crippen molar-refractivity contribution in [3.8, 4) is 17.2 Å². The fourth-order valence-corrected chi connectivity index (χ4v) is 3.06. The Hall–Kier alpha value is -1.79. The summed E-state index contributed by atoms with van der Waals surface area (Å²) in [5.74, 6) is 2.13. The van der Waals surface area contributed by atoms with Gasteiger partial charge in [-0.3, -0.25) is 0 Å². The average molecular weight is 405 g/mol. The second kappa shape index (κ2) is 7.85. The second-order valence-electron chi connectivity index (χ2n) is 5.33. The Bertz CT molecular complexity index is 835. The van der Waals surface area contributed by atoms with Crippen LogP contribution in [0.25, 0.3) is 11.5 Å². The van der Waals surface area contributed by atoms with Crippen molar-refractivity contribution in [3.63, 3.8) is 0 Å². The highest BCUT2D eigenvalue weighted by molar-refractivity contribution is 9.10. The Kier molecular flexibility index (Phi) is 5.58. The zero-order valence-corrected chi connectivity index (χ0v) is 15.9. The lowest BCUT2D eigenvalue weighted by Crippen LogP contribution is -1.99. The fraction of sp³-hybridized carbons (Fsp3) is 0.222. The summed E-state index contributed by atoms with van der Waals surface area (Å²) >= 11 is 4.91. The average Bonchev–Trinajstić information content (AvgIpc) is 3.03. The molecule has 1 heterocycles. The van der Waals surface area contributed by atoms with Crippen LogP contribution in [0.4, 0.5) is 0 Å². The fourth-order valence-electron chi connectivity index (χ4n) is 2.10. The van der Waals surface area contributed by atoms with Crippen molar-refractivity contribution in [2.24, 2.45) is 0 Å². The highest BCUT2D eigenvalue weighted by Gasteiger charge is 2.09. The number of rotatable bonds is 6. The molecule has 0 bridgehead atoms. The van der Waals surface area contributed by atoms with Gasteiger partial charge in [-0.1, -0.05) is 39.8 Å². The number of benzene rings is 2. The molecule has 0 aliphatic heterocycles. The predicted octanol–water partition coefficient (Wildman–Crippen LogP) is 5.29. The van der Waals surface area contributed by atoms with E-state index in [0.29, 0.717) is 17.7 Å². The molecule has 0 amide bonds. The molecule has 3 rings (SSSR count). The molecule has 0 atom stereocenters. The molecule has 0 saturated heterocycles. The van der Waals surface area contributed by atoms with Gasteiger partial charge in [0.2, 0.25) is 5.89 Å². The van der Waals surface area contributed by atoms with Crippen LogP contribution in [0.1, 0.15) is 11.1 Å². The highest BCUT2D eigenvalue weighted by atomic mass is 79.9. The van der Waals surface area contributed by atoms with E-state index < -0.39 is 0 Å². The van der Waals surface area contributed by atoms with Crippen molar-refractivity contribution < 1.29 is 9.15 Å². The Balaban J connectivity index is 1.53. The van der Waals surface area contributed by atoms with Crippen LogP contribution in [0.3, 0.4) is 0 Å². The zero-order chi connectivity index (χ0) is 16.9. The number of thioether (sulfide) groups is 1. The maximum Gasteiger partial charge on any atom is 0.276 e. The molecule has 3 aromatic rings. The van der Waals surface area contributed by atoms with Crippen LogP contribution in [0, 0.1) is 13.8 Å². The van der Waals surface area contributed by atoms with Gasteiger partial charge in [-0.15, -0.1) is 10.2 Å². The summed E-state index contributed by atoms with van der Waals surface area (Å²) in [5, 5.41) is 8.76. The van der Waals surface area contributed by atoms with Crippen molar-refractivity contribution in [1.29, 1.82) is 0 Å². The molecule has 0 saturated carbocycles. The molecule has 0 N–H and O–H groups in total. The molecule has 124 valence electrons. The van der Waals surface area contributed by atoms with Crippen LogP contribution in [0.2, 0.25) is 0 Å². The van der Waals surface area contributed by atoms with Crippen molar-refractivity contribution >= 4 is 27.7 Å². The summed E-state index contributed by atoms with van der Waals surface area (Å²) in [6.45, 7) is 4.73. The van der Waals surface area contributed by atoms with E-state index in [1.54, 1.807) is 0 Å². The Morgan fingerprint density at radius 2 is 1.96 bits per heavy atom.